The molecule has 3 aliphatic rings. The largest absolute Gasteiger partial charge is 0.492 e. The Morgan fingerprint density at radius 1 is 0.983 bits per heavy atom. The third-order valence-corrected chi connectivity index (χ3v) is 11.3. The van der Waals surface area contributed by atoms with E-state index in [0.717, 1.165) is 66.3 Å². The summed E-state index contributed by atoms with van der Waals surface area (Å²) in [6, 6.07) is 18.0. The SMILES string of the molecule is CCCc1cc(N2C(=S)N(c3ccc(C#N)c(C(F)(F)F)c3)C(=O)C2(C)C)ccc1OCCN1CCN(CC(=O)Cc2cccc(CC3CCC(=O)NC3=O)c2)CC1. The molecule has 3 aliphatic heterocycles. The molecule has 1 N–H and O–H groups in total. The standard InChI is InChI=1S/C43H47F3N6O5S/c1-4-6-30-24-34(52-41(58)51(40(56)42(52,2)3)33-11-9-32(26-47)36(25-33)43(44,45)46)12-13-37(30)57-20-19-49-15-17-50(18-16-49)27-35(53)23-29-8-5-7-28(21-29)22-31-10-14-38(54)48-39(31)55/h5,7-9,11-13,21,24-25,31H,4,6,10,14-20,22-23,27H2,1-3H3,(H,48,54,55). The number of rotatable bonds is 14. The molecule has 0 aliphatic carbocycles. The summed E-state index contributed by atoms with van der Waals surface area (Å²) < 4.78 is 47.7. The van der Waals surface area contributed by atoms with Crippen LogP contribution in [0.4, 0.5) is 24.5 Å². The van der Waals surface area contributed by atoms with Gasteiger partial charge in [0.1, 0.15) is 17.9 Å². The lowest BCUT2D eigenvalue weighted by atomic mass is 9.90. The predicted molar refractivity (Wildman–Crippen MR) is 216 cm³/mol. The van der Waals surface area contributed by atoms with E-state index < -0.39 is 28.7 Å². The van der Waals surface area contributed by atoms with Crippen molar-refractivity contribution in [1.29, 1.82) is 5.26 Å². The zero-order valence-corrected chi connectivity index (χ0v) is 33.7. The topological polar surface area (TPSA) is 126 Å². The Morgan fingerprint density at radius 3 is 2.38 bits per heavy atom. The number of hydrogen-bond acceptors (Lipinski definition) is 9. The van der Waals surface area contributed by atoms with Gasteiger partial charge in [0.25, 0.3) is 5.91 Å². The Bertz CT molecular complexity index is 2130. The molecular weight excluding hydrogens is 770 g/mol. The van der Waals surface area contributed by atoms with Crippen LogP contribution >= 0.6 is 12.2 Å². The molecule has 1 unspecified atom stereocenters. The quantitative estimate of drug-likeness (QED) is 0.157. The molecule has 11 nitrogen and oxygen atoms in total. The third kappa shape index (κ3) is 9.57. The van der Waals surface area contributed by atoms with Crippen LogP contribution in [0.15, 0.2) is 60.7 Å². The first-order valence-corrected chi connectivity index (χ1v) is 19.9. The summed E-state index contributed by atoms with van der Waals surface area (Å²) in [6.07, 6.45) is -1.57. The second-order valence-electron chi connectivity index (χ2n) is 15.6. The highest BCUT2D eigenvalue weighted by atomic mass is 32.1. The Kier molecular flexibility index (Phi) is 13.0. The zero-order chi connectivity index (χ0) is 41.8. The van der Waals surface area contributed by atoms with Crippen molar-refractivity contribution in [2.24, 2.45) is 5.92 Å². The molecule has 58 heavy (non-hydrogen) atoms. The number of benzene rings is 3. The molecule has 3 heterocycles. The Balaban J connectivity index is 1.01. The summed E-state index contributed by atoms with van der Waals surface area (Å²) in [5.74, 6) is -0.382. The maximum absolute atomic E-state index is 13.8. The number of anilines is 2. The van der Waals surface area contributed by atoms with E-state index in [1.165, 1.54) is 6.07 Å². The van der Waals surface area contributed by atoms with Crippen molar-refractivity contribution in [3.05, 3.63) is 88.5 Å². The van der Waals surface area contributed by atoms with Gasteiger partial charge in [-0.25, -0.2) is 0 Å². The van der Waals surface area contributed by atoms with Crippen LogP contribution in [0.3, 0.4) is 0 Å². The van der Waals surface area contributed by atoms with Crippen LogP contribution in [-0.2, 0) is 44.6 Å². The number of nitrogens with one attached hydrogen (secondary N) is 1. The van der Waals surface area contributed by atoms with Crippen molar-refractivity contribution in [2.45, 2.75) is 71.0 Å². The lowest BCUT2D eigenvalue weighted by molar-refractivity contribution is -0.138. The van der Waals surface area contributed by atoms with Crippen LogP contribution in [0.5, 0.6) is 5.75 Å². The number of carbonyl (C=O) groups is 4. The fourth-order valence-electron chi connectivity index (χ4n) is 7.84. The fraction of sp³-hybridized carbons (Fsp3) is 0.442. The smallest absolute Gasteiger partial charge is 0.417 e. The average molecular weight is 817 g/mol. The van der Waals surface area contributed by atoms with Gasteiger partial charge in [-0.3, -0.25) is 39.2 Å². The van der Waals surface area contributed by atoms with Crippen LogP contribution in [0.1, 0.15) is 67.9 Å². The molecule has 3 amide bonds. The summed E-state index contributed by atoms with van der Waals surface area (Å²) in [5.41, 5.74) is 0.447. The van der Waals surface area contributed by atoms with Crippen LogP contribution in [0.25, 0.3) is 0 Å². The van der Waals surface area contributed by atoms with E-state index in [0.29, 0.717) is 63.2 Å². The lowest BCUT2D eigenvalue weighted by Gasteiger charge is -2.34. The minimum Gasteiger partial charge on any atom is -0.492 e. The van der Waals surface area contributed by atoms with Crippen molar-refractivity contribution in [1.82, 2.24) is 15.1 Å². The number of aryl methyl sites for hydroxylation is 1. The van der Waals surface area contributed by atoms with E-state index in [1.807, 2.05) is 43.3 Å². The Morgan fingerprint density at radius 2 is 1.69 bits per heavy atom. The second-order valence-corrected chi connectivity index (χ2v) is 15.9. The summed E-state index contributed by atoms with van der Waals surface area (Å²) in [5, 5.41) is 11.7. The van der Waals surface area contributed by atoms with Crippen LogP contribution in [0, 0.1) is 17.2 Å². The number of ether oxygens (including phenoxy) is 1. The van der Waals surface area contributed by atoms with E-state index >= 15 is 0 Å². The number of hydrogen-bond donors (Lipinski definition) is 1. The molecule has 15 heteroatoms. The third-order valence-electron chi connectivity index (χ3n) is 10.9. The van der Waals surface area contributed by atoms with Gasteiger partial charge in [-0.2, -0.15) is 18.4 Å². The molecule has 0 saturated carbocycles. The molecule has 0 bridgehead atoms. The number of nitrogens with zero attached hydrogens (tertiary/aromatic N) is 5. The molecule has 0 spiro atoms. The molecule has 6 rings (SSSR count). The number of piperidine rings is 1. The van der Waals surface area contributed by atoms with Gasteiger partial charge in [0.05, 0.1) is 29.4 Å². The van der Waals surface area contributed by atoms with Crippen molar-refractivity contribution < 1.29 is 37.1 Å². The fourth-order valence-corrected chi connectivity index (χ4v) is 8.36. The Labute approximate surface area is 341 Å². The molecule has 0 aromatic heterocycles. The maximum Gasteiger partial charge on any atom is 0.417 e. The van der Waals surface area contributed by atoms with Crippen molar-refractivity contribution >= 4 is 52.2 Å². The Hall–Kier alpha value is -5.17. The van der Waals surface area contributed by atoms with Crippen molar-refractivity contribution in [2.75, 3.05) is 55.7 Å². The molecule has 3 aromatic carbocycles. The van der Waals surface area contributed by atoms with Crippen molar-refractivity contribution in [3.63, 3.8) is 0 Å². The van der Waals surface area contributed by atoms with E-state index in [-0.39, 0.29) is 34.3 Å². The van der Waals surface area contributed by atoms with E-state index in [2.05, 4.69) is 15.1 Å². The monoisotopic (exact) mass is 816 g/mol. The number of alkyl halides is 3. The molecule has 0 radical (unpaired) electrons. The molecular formula is C43H47F3N6O5S. The van der Waals surface area contributed by atoms with Crippen LogP contribution in [0.2, 0.25) is 0 Å². The highest BCUT2D eigenvalue weighted by Crippen LogP contribution is 2.40. The van der Waals surface area contributed by atoms with Gasteiger partial charge in [-0.05, 0) is 98.4 Å². The number of halogens is 3. The number of imide groups is 1. The molecule has 3 saturated heterocycles. The van der Waals surface area contributed by atoms with Gasteiger partial charge in [0, 0.05) is 57.2 Å². The molecule has 3 fully saturated rings. The maximum atomic E-state index is 13.8. The van der Waals surface area contributed by atoms with Gasteiger partial charge in [0.2, 0.25) is 11.8 Å². The minimum atomic E-state index is -4.79. The van der Waals surface area contributed by atoms with Gasteiger partial charge in [-0.15, -0.1) is 0 Å². The van der Waals surface area contributed by atoms with Gasteiger partial charge in [0.15, 0.2) is 10.9 Å². The molecule has 3 aromatic rings. The highest BCUT2D eigenvalue weighted by Gasteiger charge is 2.51. The summed E-state index contributed by atoms with van der Waals surface area (Å²) in [6.45, 7) is 9.93. The first kappa shape index (κ1) is 42.4. The number of ketones is 1. The number of Topliss-reactive ketones (excluding diaryl/α,β-unsaturated/α-hetero) is 1. The van der Waals surface area contributed by atoms with E-state index in [4.69, 9.17) is 17.0 Å². The predicted octanol–water partition coefficient (Wildman–Crippen LogP) is 5.85. The number of amides is 3. The van der Waals surface area contributed by atoms with Gasteiger partial charge < -0.3 is 9.64 Å². The zero-order valence-electron chi connectivity index (χ0n) is 32.9. The van der Waals surface area contributed by atoms with E-state index in [1.54, 1.807) is 30.9 Å². The second kappa shape index (κ2) is 17.8. The van der Waals surface area contributed by atoms with Crippen LogP contribution in [-0.4, -0.2) is 89.8 Å². The first-order chi connectivity index (χ1) is 27.6. The van der Waals surface area contributed by atoms with Gasteiger partial charge >= 0.3 is 6.18 Å². The normalized spacial score (nSPS) is 19.0. The molecule has 306 valence electrons. The summed E-state index contributed by atoms with van der Waals surface area (Å²) >= 11 is 5.74. The summed E-state index contributed by atoms with van der Waals surface area (Å²) in [7, 11) is 0. The number of thiocarbonyl (C=S) groups is 1. The number of carbonyl (C=O) groups excluding carboxylic acids is 4. The number of piperazine rings is 1. The minimum absolute atomic E-state index is 0.0287. The number of nitriles is 1. The lowest BCUT2D eigenvalue weighted by Crippen LogP contribution is -2.48. The first-order valence-electron chi connectivity index (χ1n) is 19.5. The average Bonchev–Trinajstić information content (AvgIpc) is 3.35. The molecule has 1 atom stereocenters. The summed E-state index contributed by atoms with van der Waals surface area (Å²) in [4.78, 5) is 57.6. The van der Waals surface area contributed by atoms with Crippen molar-refractivity contribution in [3.8, 4) is 11.8 Å². The highest BCUT2D eigenvalue weighted by molar-refractivity contribution is 7.81. The van der Waals surface area contributed by atoms with Crippen LogP contribution < -0.4 is 19.9 Å². The van der Waals surface area contributed by atoms with Gasteiger partial charge in [-0.1, -0.05) is 37.6 Å². The van der Waals surface area contributed by atoms with E-state index in [9.17, 15) is 37.6 Å².